The number of rotatable bonds is 2. The summed E-state index contributed by atoms with van der Waals surface area (Å²) in [5.74, 6) is -2.35. The van der Waals surface area contributed by atoms with Gasteiger partial charge in [0.25, 0.3) is 5.92 Å². The Morgan fingerprint density at radius 2 is 2.21 bits per heavy atom. The molecule has 0 saturated carbocycles. The van der Waals surface area contributed by atoms with Crippen molar-refractivity contribution in [2.75, 3.05) is 12.3 Å². The first-order valence-electron chi connectivity index (χ1n) is 6.18. The predicted octanol–water partition coefficient (Wildman–Crippen LogP) is 1.95. The molecule has 2 atom stereocenters. The number of carbonyl (C=O) groups excluding carboxylic acids is 1. The first-order valence-corrected chi connectivity index (χ1v) is 7.17. The van der Waals surface area contributed by atoms with Crippen molar-refractivity contribution in [3.63, 3.8) is 0 Å². The van der Waals surface area contributed by atoms with Crippen LogP contribution in [0.1, 0.15) is 18.0 Å². The van der Waals surface area contributed by atoms with Crippen molar-refractivity contribution in [1.29, 1.82) is 0 Å². The highest BCUT2D eigenvalue weighted by atomic mass is 32.2. The van der Waals surface area contributed by atoms with Gasteiger partial charge < -0.3 is 5.32 Å². The fourth-order valence-electron chi connectivity index (χ4n) is 2.46. The summed E-state index contributed by atoms with van der Waals surface area (Å²) in [6.45, 7) is -0.416. The minimum absolute atomic E-state index is 0.0790. The van der Waals surface area contributed by atoms with Gasteiger partial charge in [-0.05, 0) is 11.6 Å². The third-order valence-electron chi connectivity index (χ3n) is 3.44. The summed E-state index contributed by atoms with van der Waals surface area (Å²) in [5.41, 5.74) is 1.07. The van der Waals surface area contributed by atoms with Gasteiger partial charge in [0.05, 0.1) is 18.6 Å². The Kier molecular flexibility index (Phi) is 3.22. The van der Waals surface area contributed by atoms with E-state index in [-0.39, 0.29) is 11.9 Å². The zero-order valence-electron chi connectivity index (χ0n) is 10.2. The SMILES string of the molecule is O=C(NC1CSc2ccccc21)C1CC(F)(F)CN1. The summed E-state index contributed by atoms with van der Waals surface area (Å²) in [4.78, 5) is 13.1. The Morgan fingerprint density at radius 3 is 2.95 bits per heavy atom. The van der Waals surface area contributed by atoms with Crippen LogP contribution in [0.5, 0.6) is 0 Å². The average Bonchev–Trinajstić information content (AvgIpc) is 2.94. The largest absolute Gasteiger partial charge is 0.347 e. The smallest absolute Gasteiger partial charge is 0.262 e. The van der Waals surface area contributed by atoms with Crippen molar-refractivity contribution < 1.29 is 13.6 Å². The fourth-order valence-corrected chi connectivity index (χ4v) is 3.62. The van der Waals surface area contributed by atoms with Crippen LogP contribution in [-0.4, -0.2) is 30.2 Å². The summed E-state index contributed by atoms with van der Waals surface area (Å²) in [6, 6.07) is 6.99. The van der Waals surface area contributed by atoms with Crippen LogP contribution in [0.25, 0.3) is 0 Å². The lowest BCUT2D eigenvalue weighted by Gasteiger charge is -2.16. The maximum atomic E-state index is 13.1. The number of halogens is 2. The number of benzene rings is 1. The van der Waals surface area contributed by atoms with Gasteiger partial charge in [-0.3, -0.25) is 10.1 Å². The van der Waals surface area contributed by atoms with E-state index >= 15 is 0 Å². The summed E-state index contributed by atoms with van der Waals surface area (Å²) >= 11 is 1.68. The molecular formula is C13H14F2N2OS. The van der Waals surface area contributed by atoms with E-state index in [9.17, 15) is 13.6 Å². The Hall–Kier alpha value is -1.14. The van der Waals surface area contributed by atoms with Gasteiger partial charge in [0, 0.05) is 17.1 Å². The van der Waals surface area contributed by atoms with E-state index in [1.807, 2.05) is 24.3 Å². The Morgan fingerprint density at radius 1 is 1.42 bits per heavy atom. The van der Waals surface area contributed by atoms with E-state index in [1.54, 1.807) is 11.8 Å². The zero-order valence-corrected chi connectivity index (χ0v) is 11.0. The highest BCUT2D eigenvalue weighted by Crippen LogP contribution is 2.38. The number of nitrogens with one attached hydrogen (secondary N) is 2. The molecule has 1 fully saturated rings. The molecule has 2 aliphatic rings. The lowest BCUT2D eigenvalue weighted by molar-refractivity contribution is -0.124. The zero-order chi connectivity index (χ0) is 13.5. The summed E-state index contributed by atoms with van der Waals surface area (Å²) in [5, 5.41) is 5.43. The predicted molar refractivity (Wildman–Crippen MR) is 69.4 cm³/mol. The number of carbonyl (C=O) groups is 1. The molecule has 0 aliphatic carbocycles. The minimum Gasteiger partial charge on any atom is -0.347 e. The van der Waals surface area contributed by atoms with Crippen LogP contribution < -0.4 is 10.6 Å². The first kappa shape index (κ1) is 12.9. The van der Waals surface area contributed by atoms with Crippen molar-refractivity contribution in [1.82, 2.24) is 10.6 Å². The van der Waals surface area contributed by atoms with Crippen LogP contribution in [0.2, 0.25) is 0 Å². The van der Waals surface area contributed by atoms with Gasteiger partial charge in [-0.25, -0.2) is 8.78 Å². The van der Waals surface area contributed by atoms with Gasteiger partial charge in [0.2, 0.25) is 5.91 Å². The van der Waals surface area contributed by atoms with Gasteiger partial charge in [0.1, 0.15) is 0 Å². The molecule has 0 radical (unpaired) electrons. The number of thioether (sulfide) groups is 1. The van der Waals surface area contributed by atoms with Crippen LogP contribution in [0, 0.1) is 0 Å². The average molecular weight is 284 g/mol. The van der Waals surface area contributed by atoms with E-state index in [1.165, 1.54) is 0 Å². The molecule has 2 heterocycles. The Labute approximate surface area is 114 Å². The highest BCUT2D eigenvalue weighted by molar-refractivity contribution is 7.99. The Balaban J connectivity index is 1.66. The van der Waals surface area contributed by atoms with Crippen molar-refractivity contribution in [3.8, 4) is 0 Å². The van der Waals surface area contributed by atoms with Gasteiger partial charge >= 0.3 is 0 Å². The van der Waals surface area contributed by atoms with Crippen LogP contribution in [-0.2, 0) is 4.79 Å². The van der Waals surface area contributed by atoms with Crippen molar-refractivity contribution in [2.24, 2.45) is 0 Å². The molecule has 0 bridgehead atoms. The minimum atomic E-state index is -2.77. The number of fused-ring (bicyclic) bond motifs is 1. The number of alkyl halides is 2. The van der Waals surface area contributed by atoms with Gasteiger partial charge in [-0.2, -0.15) is 0 Å². The van der Waals surface area contributed by atoms with Crippen molar-refractivity contribution >= 4 is 17.7 Å². The van der Waals surface area contributed by atoms with Crippen molar-refractivity contribution in [2.45, 2.75) is 29.3 Å². The van der Waals surface area contributed by atoms with Crippen LogP contribution in [0.4, 0.5) is 8.78 Å². The van der Waals surface area contributed by atoms with E-state index in [4.69, 9.17) is 0 Å². The molecule has 2 unspecified atom stereocenters. The molecule has 0 aromatic heterocycles. The molecular weight excluding hydrogens is 270 g/mol. The third-order valence-corrected chi connectivity index (χ3v) is 4.63. The number of amides is 1. The molecule has 1 aromatic carbocycles. The highest BCUT2D eigenvalue weighted by Gasteiger charge is 2.42. The molecule has 3 nitrogen and oxygen atoms in total. The standard InChI is InChI=1S/C13H14F2N2OS/c14-13(15)5-9(16-7-13)12(18)17-10-6-19-11-4-2-1-3-8(10)11/h1-4,9-10,16H,5-7H2,(H,17,18). The normalized spacial score (nSPS) is 28.1. The lowest BCUT2D eigenvalue weighted by atomic mass is 10.1. The van der Waals surface area contributed by atoms with E-state index < -0.39 is 24.9 Å². The van der Waals surface area contributed by atoms with Crippen molar-refractivity contribution in [3.05, 3.63) is 29.8 Å². The maximum Gasteiger partial charge on any atom is 0.262 e. The van der Waals surface area contributed by atoms with E-state index in [0.29, 0.717) is 0 Å². The fraction of sp³-hybridized carbons (Fsp3) is 0.462. The topological polar surface area (TPSA) is 41.1 Å². The lowest BCUT2D eigenvalue weighted by Crippen LogP contribution is -2.42. The number of hydrogen-bond donors (Lipinski definition) is 2. The molecule has 1 amide bonds. The summed E-state index contributed by atoms with van der Waals surface area (Å²) in [6.07, 6.45) is -0.416. The van der Waals surface area contributed by atoms with Gasteiger partial charge in [0.15, 0.2) is 0 Å². The molecule has 19 heavy (non-hydrogen) atoms. The van der Waals surface area contributed by atoms with Crippen LogP contribution in [0.3, 0.4) is 0 Å². The quantitative estimate of drug-likeness (QED) is 0.872. The molecule has 2 N–H and O–H groups in total. The molecule has 1 aromatic rings. The Bertz CT molecular complexity index is 509. The second kappa shape index (κ2) is 4.76. The second-order valence-corrected chi connectivity index (χ2v) is 5.97. The molecule has 0 spiro atoms. The number of hydrogen-bond acceptors (Lipinski definition) is 3. The first-order chi connectivity index (χ1) is 9.05. The maximum absolute atomic E-state index is 13.1. The molecule has 102 valence electrons. The second-order valence-electron chi connectivity index (χ2n) is 4.90. The van der Waals surface area contributed by atoms with Crippen LogP contribution >= 0.6 is 11.8 Å². The summed E-state index contributed by atoms with van der Waals surface area (Å²) in [7, 11) is 0. The molecule has 2 aliphatic heterocycles. The van der Waals surface area contributed by atoms with E-state index in [0.717, 1.165) is 16.2 Å². The summed E-state index contributed by atoms with van der Waals surface area (Å²) < 4.78 is 26.1. The van der Waals surface area contributed by atoms with Gasteiger partial charge in [-0.1, -0.05) is 18.2 Å². The van der Waals surface area contributed by atoms with Crippen LogP contribution in [0.15, 0.2) is 29.2 Å². The molecule has 3 rings (SSSR count). The van der Waals surface area contributed by atoms with Gasteiger partial charge in [-0.15, -0.1) is 11.8 Å². The monoisotopic (exact) mass is 284 g/mol. The molecule has 1 saturated heterocycles. The van der Waals surface area contributed by atoms with E-state index in [2.05, 4.69) is 10.6 Å². The third kappa shape index (κ3) is 2.60. The molecule has 6 heteroatoms.